The fourth-order valence-electron chi connectivity index (χ4n) is 11.8. The molecule has 6 nitrogen and oxygen atoms in total. The minimum absolute atomic E-state index is 0.401. The zero-order valence-electron chi connectivity index (χ0n) is 41.3. The molecule has 0 aliphatic heterocycles. The van der Waals surface area contributed by atoms with Crippen LogP contribution in [0.15, 0.2) is 224 Å². The summed E-state index contributed by atoms with van der Waals surface area (Å²) in [6.45, 7) is 8.95. The molecule has 0 aliphatic rings. The van der Waals surface area contributed by atoms with E-state index in [1.54, 1.807) is 0 Å². The summed E-state index contributed by atoms with van der Waals surface area (Å²) in [5.74, 6) is 0.802. The maximum Gasteiger partial charge on any atom is 0.138 e. The lowest BCUT2D eigenvalue weighted by Gasteiger charge is -2.27. The molecular formula is C68H48N2O4. The Kier molecular flexibility index (Phi) is 9.24. The standard InChI is InChI=1S/C68H48N2O4/c1-39(2)41-21-25-43(26-22-41)69(45-29-31-59-53(35-45)49-15-9-11-19-57(49)71-59)55-37-63-65(51-17-7-5-13-47(51)55)67-61(73-63)33-34-62-68(67)66-52-18-8-6-14-48(52)56(38-64(66)74-62)70(44-27-23-42(24-28-44)40(3)4)46-30-32-60-54(36-46)50-16-10-12-20-58(50)72-60/h5-40H,1-4H3. The van der Waals surface area contributed by atoms with Crippen LogP contribution in [0.1, 0.15) is 50.7 Å². The highest BCUT2D eigenvalue weighted by atomic mass is 16.3. The van der Waals surface area contributed by atoms with Crippen molar-refractivity contribution in [3.8, 4) is 0 Å². The number of furan rings is 4. The zero-order valence-corrected chi connectivity index (χ0v) is 41.3. The normalized spacial score (nSPS) is 12.3. The van der Waals surface area contributed by atoms with Crippen molar-refractivity contribution >= 4 is 143 Å². The van der Waals surface area contributed by atoms with Gasteiger partial charge in [0.25, 0.3) is 0 Å². The van der Waals surface area contributed by atoms with Crippen molar-refractivity contribution in [1.82, 2.24) is 0 Å². The number of para-hydroxylation sites is 2. The topological polar surface area (TPSA) is 59.0 Å². The molecule has 0 saturated carbocycles. The molecule has 0 spiro atoms. The molecule has 6 heteroatoms. The van der Waals surface area contributed by atoms with Crippen LogP contribution in [0.4, 0.5) is 34.1 Å². The lowest BCUT2D eigenvalue weighted by Crippen LogP contribution is -2.10. The first-order chi connectivity index (χ1) is 36.3. The highest BCUT2D eigenvalue weighted by Gasteiger charge is 2.27. The van der Waals surface area contributed by atoms with Gasteiger partial charge in [-0.15, -0.1) is 0 Å². The van der Waals surface area contributed by atoms with Crippen LogP contribution in [0.2, 0.25) is 0 Å². The molecule has 0 saturated heterocycles. The summed E-state index contributed by atoms with van der Waals surface area (Å²) in [5, 5.41) is 12.9. The minimum atomic E-state index is 0.401. The van der Waals surface area contributed by atoms with Gasteiger partial charge >= 0.3 is 0 Å². The molecule has 0 fully saturated rings. The predicted octanol–water partition coefficient (Wildman–Crippen LogP) is 20.8. The van der Waals surface area contributed by atoms with E-state index in [2.05, 4.69) is 219 Å². The van der Waals surface area contributed by atoms with Crippen LogP contribution in [0, 0.1) is 0 Å². The molecule has 15 rings (SSSR count). The van der Waals surface area contributed by atoms with Crippen molar-refractivity contribution in [3.05, 3.63) is 217 Å². The fourth-order valence-corrected chi connectivity index (χ4v) is 11.8. The Bertz CT molecular complexity index is 4440. The van der Waals surface area contributed by atoms with Crippen molar-refractivity contribution in [3.63, 3.8) is 0 Å². The Morgan fingerprint density at radius 2 is 0.581 bits per heavy atom. The number of benzene rings is 11. The average molecular weight is 957 g/mol. The van der Waals surface area contributed by atoms with E-state index in [9.17, 15) is 0 Å². The summed E-state index contributed by atoms with van der Waals surface area (Å²) in [7, 11) is 0. The largest absolute Gasteiger partial charge is 0.456 e. The van der Waals surface area contributed by atoms with Crippen molar-refractivity contribution in [2.45, 2.75) is 39.5 Å². The summed E-state index contributed by atoms with van der Waals surface area (Å²) in [6, 6.07) is 73.7. The summed E-state index contributed by atoms with van der Waals surface area (Å²) in [6.07, 6.45) is 0. The van der Waals surface area contributed by atoms with Crippen molar-refractivity contribution in [2.75, 3.05) is 9.80 Å². The highest BCUT2D eigenvalue weighted by Crippen LogP contribution is 2.51. The molecule has 0 aliphatic carbocycles. The van der Waals surface area contributed by atoms with E-state index in [1.165, 1.54) is 11.1 Å². The minimum Gasteiger partial charge on any atom is -0.456 e. The average Bonchev–Trinajstić information content (AvgIpc) is 4.27. The Morgan fingerprint density at radius 1 is 0.257 bits per heavy atom. The molecule has 0 unspecified atom stereocenters. The molecule has 11 aromatic carbocycles. The van der Waals surface area contributed by atoms with Gasteiger partial charge < -0.3 is 27.5 Å². The van der Waals surface area contributed by atoms with Crippen molar-refractivity contribution in [2.24, 2.45) is 0 Å². The monoisotopic (exact) mass is 956 g/mol. The van der Waals surface area contributed by atoms with E-state index >= 15 is 0 Å². The van der Waals surface area contributed by atoms with Gasteiger partial charge in [-0.3, -0.25) is 0 Å². The van der Waals surface area contributed by atoms with Crippen LogP contribution in [-0.2, 0) is 0 Å². The summed E-state index contributed by atoms with van der Waals surface area (Å²) in [4.78, 5) is 4.74. The lowest BCUT2D eigenvalue weighted by molar-refractivity contribution is 0.663. The van der Waals surface area contributed by atoms with E-state index in [1.807, 2.05) is 24.3 Å². The molecule has 15 aromatic rings. The van der Waals surface area contributed by atoms with Crippen LogP contribution in [0.25, 0.3) is 109 Å². The van der Waals surface area contributed by atoms with Gasteiger partial charge in [0.05, 0.1) is 11.4 Å². The van der Waals surface area contributed by atoms with Crippen LogP contribution in [-0.4, -0.2) is 0 Å². The van der Waals surface area contributed by atoms with Crippen LogP contribution in [0.3, 0.4) is 0 Å². The maximum atomic E-state index is 7.09. The van der Waals surface area contributed by atoms with Crippen LogP contribution in [0.5, 0.6) is 0 Å². The first kappa shape index (κ1) is 42.4. The Balaban J connectivity index is 0.974. The summed E-state index contributed by atoms with van der Waals surface area (Å²) in [5.41, 5.74) is 15.4. The van der Waals surface area contributed by atoms with Gasteiger partial charge in [0.2, 0.25) is 0 Å². The number of rotatable bonds is 8. The van der Waals surface area contributed by atoms with E-state index in [0.717, 1.165) is 143 Å². The molecule has 0 bridgehead atoms. The third kappa shape index (κ3) is 6.37. The van der Waals surface area contributed by atoms with Crippen molar-refractivity contribution in [1.29, 1.82) is 0 Å². The van der Waals surface area contributed by atoms with Crippen LogP contribution >= 0.6 is 0 Å². The van der Waals surface area contributed by atoms with Gasteiger partial charge in [-0.05, 0) is 119 Å². The summed E-state index contributed by atoms with van der Waals surface area (Å²) < 4.78 is 26.9. The van der Waals surface area contributed by atoms with Gasteiger partial charge in [-0.25, -0.2) is 0 Å². The second-order valence-electron chi connectivity index (χ2n) is 20.4. The van der Waals surface area contributed by atoms with E-state index < -0.39 is 0 Å². The second-order valence-corrected chi connectivity index (χ2v) is 20.4. The van der Waals surface area contributed by atoms with Crippen LogP contribution < -0.4 is 9.80 Å². The second kappa shape index (κ2) is 16.1. The molecule has 74 heavy (non-hydrogen) atoms. The first-order valence-corrected chi connectivity index (χ1v) is 25.6. The smallest absolute Gasteiger partial charge is 0.138 e. The Morgan fingerprint density at radius 3 is 0.986 bits per heavy atom. The molecule has 0 radical (unpaired) electrons. The zero-order chi connectivity index (χ0) is 49.3. The molecule has 0 N–H and O–H groups in total. The van der Waals surface area contributed by atoms with Gasteiger partial charge in [-0.2, -0.15) is 0 Å². The third-order valence-electron chi connectivity index (χ3n) is 15.4. The number of fused-ring (bicyclic) bond motifs is 17. The molecule has 354 valence electrons. The number of anilines is 6. The van der Waals surface area contributed by atoms with Gasteiger partial charge in [0.15, 0.2) is 0 Å². The molecule has 0 amide bonds. The van der Waals surface area contributed by atoms with Crippen molar-refractivity contribution < 1.29 is 17.7 Å². The highest BCUT2D eigenvalue weighted by molar-refractivity contribution is 6.35. The van der Waals surface area contributed by atoms with Gasteiger partial charge in [0, 0.05) is 88.7 Å². The summed E-state index contributed by atoms with van der Waals surface area (Å²) >= 11 is 0. The molecule has 0 atom stereocenters. The van der Waals surface area contributed by atoms with E-state index in [-0.39, 0.29) is 0 Å². The van der Waals surface area contributed by atoms with E-state index in [4.69, 9.17) is 17.7 Å². The molecule has 4 aromatic heterocycles. The predicted molar refractivity (Wildman–Crippen MR) is 308 cm³/mol. The quantitative estimate of drug-likeness (QED) is 0.151. The maximum absolute atomic E-state index is 7.09. The van der Waals surface area contributed by atoms with E-state index in [0.29, 0.717) is 11.8 Å². The Hall–Kier alpha value is -9.26. The van der Waals surface area contributed by atoms with Gasteiger partial charge in [-0.1, -0.05) is 137 Å². The molecular weight excluding hydrogens is 909 g/mol. The number of hydrogen-bond acceptors (Lipinski definition) is 6. The molecule has 4 heterocycles. The third-order valence-corrected chi connectivity index (χ3v) is 15.4. The number of nitrogens with zero attached hydrogens (tertiary/aromatic N) is 2. The SMILES string of the molecule is CC(C)c1ccc(N(c2ccc3oc4ccccc4c3c2)c2cc3oc4ccc5oc6cc(N(c7ccc(C(C)C)cc7)c7ccc8oc9ccccc9c8c7)c7ccccc7c6c5c4c3c3ccccc23)cc1. The number of hydrogen-bond donors (Lipinski definition) is 0. The Labute approximate surface area is 425 Å². The first-order valence-electron chi connectivity index (χ1n) is 25.6. The van der Waals surface area contributed by atoms with Gasteiger partial charge in [0.1, 0.15) is 44.7 Å². The fraction of sp³-hybridized carbons (Fsp3) is 0.0882. The lowest BCUT2D eigenvalue weighted by atomic mass is 9.96.